The number of aromatic nitrogens is 1. The van der Waals surface area contributed by atoms with Crippen LogP contribution in [0, 0.1) is 6.92 Å². The van der Waals surface area contributed by atoms with Gasteiger partial charge in [-0.25, -0.2) is 4.98 Å². The van der Waals surface area contributed by atoms with E-state index >= 15 is 0 Å². The minimum absolute atomic E-state index is 0.155. The molecule has 0 amide bonds. The number of hydrogen-bond acceptors (Lipinski definition) is 4. The average Bonchev–Trinajstić information content (AvgIpc) is 2.73. The summed E-state index contributed by atoms with van der Waals surface area (Å²) in [6.45, 7) is 8.54. The maximum atomic E-state index is 9.50. The molecule has 0 spiro atoms. The van der Waals surface area contributed by atoms with E-state index in [0.717, 1.165) is 17.8 Å². The van der Waals surface area contributed by atoms with Gasteiger partial charge in [-0.3, -0.25) is 0 Å². The highest BCUT2D eigenvalue weighted by atomic mass is 32.1. The second-order valence-corrected chi connectivity index (χ2v) is 5.56. The molecule has 0 radical (unpaired) electrons. The molecule has 0 aliphatic rings. The summed E-state index contributed by atoms with van der Waals surface area (Å²) >= 11 is 1.71. The number of nitrogens with one attached hydrogen (secondary N) is 1. The molecule has 0 aromatic carbocycles. The molecular formula is C12H22N2OS. The van der Waals surface area contributed by atoms with Crippen LogP contribution in [0.2, 0.25) is 0 Å². The quantitative estimate of drug-likeness (QED) is 0.806. The first-order chi connectivity index (χ1) is 7.56. The van der Waals surface area contributed by atoms with Crippen LogP contribution in [0.15, 0.2) is 6.20 Å². The topological polar surface area (TPSA) is 45.1 Å². The van der Waals surface area contributed by atoms with Crippen molar-refractivity contribution in [2.45, 2.75) is 52.1 Å². The van der Waals surface area contributed by atoms with Crippen molar-refractivity contribution in [3.05, 3.63) is 16.1 Å². The molecule has 0 bridgehead atoms. The molecule has 1 heterocycles. The van der Waals surface area contributed by atoms with E-state index in [-0.39, 0.29) is 18.2 Å². The third kappa shape index (κ3) is 3.03. The summed E-state index contributed by atoms with van der Waals surface area (Å²) in [5.41, 5.74) is -0.155. The van der Waals surface area contributed by atoms with Gasteiger partial charge in [0.2, 0.25) is 0 Å². The first-order valence-electron chi connectivity index (χ1n) is 5.87. The molecule has 0 fully saturated rings. The molecule has 0 saturated carbocycles. The lowest BCUT2D eigenvalue weighted by Gasteiger charge is -2.33. The largest absolute Gasteiger partial charge is 0.394 e. The molecule has 92 valence electrons. The highest BCUT2D eigenvalue weighted by molar-refractivity contribution is 7.11. The number of hydrogen-bond donors (Lipinski definition) is 2. The van der Waals surface area contributed by atoms with E-state index in [2.05, 4.69) is 31.1 Å². The van der Waals surface area contributed by atoms with E-state index in [0.29, 0.717) is 0 Å². The molecule has 0 aliphatic heterocycles. The van der Waals surface area contributed by atoms with Crippen molar-refractivity contribution in [3.8, 4) is 0 Å². The molecule has 1 aromatic heterocycles. The van der Waals surface area contributed by atoms with E-state index in [1.54, 1.807) is 11.3 Å². The summed E-state index contributed by atoms with van der Waals surface area (Å²) in [7, 11) is 0. The molecule has 3 nitrogen and oxygen atoms in total. The van der Waals surface area contributed by atoms with Gasteiger partial charge in [0, 0.05) is 22.7 Å². The molecule has 16 heavy (non-hydrogen) atoms. The van der Waals surface area contributed by atoms with Crippen molar-refractivity contribution in [1.82, 2.24) is 10.3 Å². The van der Waals surface area contributed by atoms with Gasteiger partial charge in [-0.15, -0.1) is 11.3 Å². The van der Waals surface area contributed by atoms with Crippen molar-refractivity contribution < 1.29 is 5.11 Å². The number of rotatable bonds is 6. The van der Waals surface area contributed by atoms with E-state index < -0.39 is 0 Å². The Kier molecular flexibility index (Phi) is 4.89. The zero-order valence-corrected chi connectivity index (χ0v) is 11.4. The second kappa shape index (κ2) is 5.75. The van der Waals surface area contributed by atoms with Gasteiger partial charge in [0.1, 0.15) is 0 Å². The lowest BCUT2D eigenvalue weighted by Crippen LogP contribution is -2.48. The second-order valence-electron chi connectivity index (χ2n) is 4.29. The van der Waals surface area contributed by atoms with Crippen molar-refractivity contribution in [3.63, 3.8) is 0 Å². The Hall–Kier alpha value is -0.450. The van der Waals surface area contributed by atoms with Gasteiger partial charge in [-0.1, -0.05) is 13.8 Å². The van der Waals surface area contributed by atoms with Crippen LogP contribution in [0.4, 0.5) is 0 Å². The Morgan fingerprint density at radius 1 is 1.50 bits per heavy atom. The first-order valence-corrected chi connectivity index (χ1v) is 6.69. The third-order valence-corrected chi connectivity index (χ3v) is 4.34. The van der Waals surface area contributed by atoms with Crippen molar-refractivity contribution >= 4 is 11.3 Å². The summed E-state index contributed by atoms with van der Waals surface area (Å²) in [5, 5.41) is 14.1. The van der Waals surface area contributed by atoms with E-state index in [1.165, 1.54) is 4.88 Å². The molecule has 1 unspecified atom stereocenters. The standard InChI is InChI=1S/C12H22N2OS/c1-5-12(6-2,8-15)14-9(3)11-7-13-10(4)16-11/h7,9,14-15H,5-6,8H2,1-4H3. The summed E-state index contributed by atoms with van der Waals surface area (Å²) in [5.74, 6) is 0. The molecule has 2 N–H and O–H groups in total. The van der Waals surface area contributed by atoms with E-state index in [9.17, 15) is 5.11 Å². The molecule has 1 rings (SSSR count). The van der Waals surface area contributed by atoms with Crippen molar-refractivity contribution in [2.75, 3.05) is 6.61 Å². The Labute approximate surface area is 102 Å². The average molecular weight is 242 g/mol. The number of aliphatic hydroxyl groups excluding tert-OH is 1. The van der Waals surface area contributed by atoms with Crippen LogP contribution in [-0.4, -0.2) is 22.2 Å². The van der Waals surface area contributed by atoms with Gasteiger partial charge in [0.25, 0.3) is 0 Å². The van der Waals surface area contributed by atoms with E-state index in [4.69, 9.17) is 0 Å². The Balaban J connectivity index is 2.72. The zero-order chi connectivity index (χ0) is 12.2. The Morgan fingerprint density at radius 2 is 2.12 bits per heavy atom. The Bertz CT molecular complexity index is 312. The predicted molar refractivity (Wildman–Crippen MR) is 68.8 cm³/mol. The molecule has 0 saturated heterocycles. The van der Waals surface area contributed by atoms with Gasteiger partial charge < -0.3 is 10.4 Å². The Morgan fingerprint density at radius 3 is 2.50 bits per heavy atom. The molecular weight excluding hydrogens is 220 g/mol. The van der Waals surface area contributed by atoms with Gasteiger partial charge in [-0.2, -0.15) is 0 Å². The van der Waals surface area contributed by atoms with E-state index in [1.807, 2.05) is 13.1 Å². The maximum absolute atomic E-state index is 9.50. The van der Waals surface area contributed by atoms with Crippen LogP contribution in [0.1, 0.15) is 49.5 Å². The summed E-state index contributed by atoms with van der Waals surface area (Å²) in [6, 6.07) is 0.248. The van der Waals surface area contributed by atoms with Crippen molar-refractivity contribution in [2.24, 2.45) is 0 Å². The maximum Gasteiger partial charge on any atom is 0.0897 e. The van der Waals surface area contributed by atoms with Crippen LogP contribution in [-0.2, 0) is 0 Å². The normalized spacial score (nSPS) is 14.1. The summed E-state index contributed by atoms with van der Waals surface area (Å²) in [6.07, 6.45) is 3.79. The van der Waals surface area contributed by atoms with Crippen LogP contribution in [0.5, 0.6) is 0 Å². The van der Waals surface area contributed by atoms with Crippen LogP contribution >= 0.6 is 11.3 Å². The molecule has 1 atom stereocenters. The smallest absolute Gasteiger partial charge is 0.0897 e. The number of nitrogens with zero attached hydrogens (tertiary/aromatic N) is 1. The zero-order valence-electron chi connectivity index (χ0n) is 10.6. The SMILES string of the molecule is CCC(CC)(CO)NC(C)c1cnc(C)s1. The van der Waals surface area contributed by atoms with Crippen molar-refractivity contribution in [1.29, 1.82) is 0 Å². The number of thiazole rings is 1. The van der Waals surface area contributed by atoms with Gasteiger partial charge in [0.05, 0.1) is 11.6 Å². The highest BCUT2D eigenvalue weighted by Crippen LogP contribution is 2.25. The predicted octanol–water partition coefficient (Wildman–Crippen LogP) is 2.65. The third-order valence-electron chi connectivity index (χ3n) is 3.24. The van der Waals surface area contributed by atoms with Crippen LogP contribution < -0.4 is 5.32 Å². The molecule has 0 aliphatic carbocycles. The summed E-state index contributed by atoms with van der Waals surface area (Å²) < 4.78 is 0. The fourth-order valence-corrected chi connectivity index (χ4v) is 2.62. The lowest BCUT2D eigenvalue weighted by molar-refractivity contribution is 0.140. The minimum atomic E-state index is -0.155. The fraction of sp³-hybridized carbons (Fsp3) is 0.750. The monoisotopic (exact) mass is 242 g/mol. The minimum Gasteiger partial charge on any atom is -0.394 e. The van der Waals surface area contributed by atoms with Crippen LogP contribution in [0.25, 0.3) is 0 Å². The molecule has 1 aromatic rings. The fourth-order valence-electron chi connectivity index (χ4n) is 1.83. The van der Waals surface area contributed by atoms with Gasteiger partial charge >= 0.3 is 0 Å². The summed E-state index contributed by atoms with van der Waals surface area (Å²) in [4.78, 5) is 5.49. The first kappa shape index (κ1) is 13.6. The number of aliphatic hydroxyl groups is 1. The lowest BCUT2D eigenvalue weighted by atomic mass is 9.93. The highest BCUT2D eigenvalue weighted by Gasteiger charge is 2.27. The van der Waals surface area contributed by atoms with Gasteiger partial charge in [0.15, 0.2) is 0 Å². The molecule has 4 heteroatoms. The number of aryl methyl sites for hydroxylation is 1. The van der Waals surface area contributed by atoms with Gasteiger partial charge in [-0.05, 0) is 26.7 Å². The van der Waals surface area contributed by atoms with Crippen LogP contribution in [0.3, 0.4) is 0 Å².